The Morgan fingerprint density at radius 3 is 2.29 bits per heavy atom. The lowest BCUT2D eigenvalue weighted by molar-refractivity contribution is -0.386. The monoisotopic (exact) mass is 241 g/mol. The highest BCUT2D eigenvalue weighted by atomic mass is 19.2. The maximum absolute atomic E-state index is 13.1. The summed E-state index contributed by atoms with van der Waals surface area (Å²) in [6.07, 6.45) is 0.877. The molecule has 2 rings (SSSR count). The Morgan fingerprint density at radius 2 is 1.88 bits per heavy atom. The van der Waals surface area contributed by atoms with Gasteiger partial charge in [-0.1, -0.05) is 0 Å². The molecule has 1 fully saturated rings. The molecule has 90 valence electrons. The Morgan fingerprint density at radius 1 is 1.35 bits per heavy atom. The van der Waals surface area contributed by atoms with Crippen molar-refractivity contribution in [2.24, 2.45) is 0 Å². The largest absolute Gasteiger partial charge is 0.299 e. The van der Waals surface area contributed by atoms with E-state index in [9.17, 15) is 23.7 Å². The predicted octanol–water partition coefficient (Wildman–Crippen LogP) is 2.49. The minimum atomic E-state index is -1.28. The zero-order chi connectivity index (χ0) is 12.8. The molecule has 4 nitrogen and oxygen atoms in total. The van der Waals surface area contributed by atoms with Gasteiger partial charge in [0.25, 0.3) is 5.69 Å². The van der Waals surface area contributed by atoms with E-state index in [1.807, 2.05) is 0 Å². The third kappa shape index (κ3) is 1.69. The van der Waals surface area contributed by atoms with Gasteiger partial charge in [-0.05, 0) is 25.8 Å². The number of carbonyl (C=O) groups is 1. The molecule has 1 saturated carbocycles. The van der Waals surface area contributed by atoms with Crippen LogP contribution in [-0.2, 0) is 10.2 Å². The summed E-state index contributed by atoms with van der Waals surface area (Å²) in [5.41, 5.74) is -1.54. The topological polar surface area (TPSA) is 60.2 Å². The highest BCUT2D eigenvalue weighted by Crippen LogP contribution is 2.52. The normalized spacial score (nSPS) is 16.6. The maximum Gasteiger partial charge on any atom is 0.276 e. The number of halogens is 2. The fourth-order valence-corrected chi connectivity index (χ4v) is 2.01. The first kappa shape index (κ1) is 11.6. The average Bonchev–Trinajstić information content (AvgIpc) is 3.02. The Hall–Kier alpha value is -1.85. The highest BCUT2D eigenvalue weighted by Gasteiger charge is 2.52. The molecule has 0 amide bonds. The second-order valence-electron chi connectivity index (χ2n) is 4.18. The van der Waals surface area contributed by atoms with E-state index in [1.54, 1.807) is 0 Å². The van der Waals surface area contributed by atoms with Gasteiger partial charge < -0.3 is 0 Å². The van der Waals surface area contributed by atoms with E-state index in [0.29, 0.717) is 18.9 Å². The first-order valence-corrected chi connectivity index (χ1v) is 5.03. The molecule has 1 aromatic rings. The predicted molar refractivity (Wildman–Crippen MR) is 54.6 cm³/mol. The average molecular weight is 241 g/mol. The quantitative estimate of drug-likeness (QED) is 0.603. The molecule has 1 aliphatic rings. The van der Waals surface area contributed by atoms with Crippen LogP contribution in [-0.4, -0.2) is 10.7 Å². The minimum Gasteiger partial charge on any atom is -0.299 e. The number of Topliss-reactive ketones (excluding diaryl/α,β-unsaturated/α-hetero) is 1. The molecule has 1 aliphatic carbocycles. The molecule has 0 aromatic heterocycles. The van der Waals surface area contributed by atoms with Gasteiger partial charge in [0.1, 0.15) is 5.78 Å². The van der Waals surface area contributed by atoms with E-state index in [-0.39, 0.29) is 11.3 Å². The zero-order valence-electron chi connectivity index (χ0n) is 9.00. The van der Waals surface area contributed by atoms with E-state index in [4.69, 9.17) is 0 Å². The Bertz CT molecular complexity index is 524. The van der Waals surface area contributed by atoms with Gasteiger partial charge in [0.2, 0.25) is 0 Å². The van der Waals surface area contributed by atoms with Crippen LogP contribution in [0.1, 0.15) is 25.3 Å². The molecule has 0 atom stereocenters. The smallest absolute Gasteiger partial charge is 0.276 e. The number of nitro groups is 1. The van der Waals surface area contributed by atoms with Gasteiger partial charge in [-0.25, -0.2) is 8.78 Å². The van der Waals surface area contributed by atoms with Crippen molar-refractivity contribution in [1.29, 1.82) is 0 Å². The summed E-state index contributed by atoms with van der Waals surface area (Å²) in [6.45, 7) is 1.30. The summed E-state index contributed by atoms with van der Waals surface area (Å²) in [7, 11) is 0. The third-order valence-corrected chi connectivity index (χ3v) is 3.17. The second-order valence-corrected chi connectivity index (χ2v) is 4.18. The van der Waals surface area contributed by atoms with Gasteiger partial charge in [0, 0.05) is 5.56 Å². The van der Waals surface area contributed by atoms with E-state index in [2.05, 4.69) is 0 Å². The van der Waals surface area contributed by atoms with Crippen molar-refractivity contribution in [3.63, 3.8) is 0 Å². The van der Waals surface area contributed by atoms with Gasteiger partial charge in [0.05, 0.1) is 16.4 Å². The van der Waals surface area contributed by atoms with Crippen molar-refractivity contribution in [2.75, 3.05) is 0 Å². The Labute approximate surface area is 95.4 Å². The van der Waals surface area contributed by atoms with E-state index in [1.165, 1.54) is 6.92 Å². The number of nitrogens with zero attached hydrogens (tertiary/aromatic N) is 1. The van der Waals surface area contributed by atoms with Crippen molar-refractivity contribution in [3.05, 3.63) is 39.4 Å². The zero-order valence-corrected chi connectivity index (χ0v) is 9.00. The Balaban J connectivity index is 2.64. The van der Waals surface area contributed by atoms with Gasteiger partial charge in [-0.15, -0.1) is 0 Å². The van der Waals surface area contributed by atoms with Crippen molar-refractivity contribution >= 4 is 11.5 Å². The van der Waals surface area contributed by atoms with Crippen LogP contribution in [0.3, 0.4) is 0 Å². The van der Waals surface area contributed by atoms with Crippen LogP contribution in [0.15, 0.2) is 12.1 Å². The maximum atomic E-state index is 13.1. The molecule has 0 spiro atoms. The molecule has 0 unspecified atom stereocenters. The lowest BCUT2D eigenvalue weighted by Gasteiger charge is -2.12. The number of ketones is 1. The summed E-state index contributed by atoms with van der Waals surface area (Å²) in [5.74, 6) is -2.70. The van der Waals surface area contributed by atoms with Crippen molar-refractivity contribution in [3.8, 4) is 0 Å². The highest BCUT2D eigenvalue weighted by molar-refractivity contribution is 5.92. The lowest BCUT2D eigenvalue weighted by Crippen LogP contribution is -2.19. The molecular weight excluding hydrogens is 232 g/mol. The number of hydrogen-bond donors (Lipinski definition) is 0. The summed E-state index contributed by atoms with van der Waals surface area (Å²) in [6, 6.07) is 1.30. The van der Waals surface area contributed by atoms with Crippen LogP contribution in [0, 0.1) is 21.7 Å². The number of nitro benzene ring substituents is 1. The molecule has 1 aromatic carbocycles. The van der Waals surface area contributed by atoms with Crippen LogP contribution in [0.4, 0.5) is 14.5 Å². The van der Waals surface area contributed by atoms with Gasteiger partial charge in [-0.2, -0.15) is 0 Å². The van der Waals surface area contributed by atoms with Crippen LogP contribution in [0.25, 0.3) is 0 Å². The van der Waals surface area contributed by atoms with Crippen LogP contribution in [0.2, 0.25) is 0 Å². The van der Waals surface area contributed by atoms with E-state index >= 15 is 0 Å². The van der Waals surface area contributed by atoms with E-state index in [0.717, 1.165) is 6.07 Å². The molecule has 6 heteroatoms. The number of rotatable bonds is 3. The van der Waals surface area contributed by atoms with Crippen LogP contribution >= 0.6 is 0 Å². The molecular formula is C11H9F2NO3. The first-order valence-electron chi connectivity index (χ1n) is 5.03. The second kappa shape index (κ2) is 3.58. The molecule has 0 saturated heterocycles. The molecule has 0 heterocycles. The molecule has 0 N–H and O–H groups in total. The fraction of sp³-hybridized carbons (Fsp3) is 0.364. The van der Waals surface area contributed by atoms with E-state index < -0.39 is 27.7 Å². The van der Waals surface area contributed by atoms with Crippen molar-refractivity contribution < 1.29 is 18.5 Å². The number of benzene rings is 1. The van der Waals surface area contributed by atoms with Gasteiger partial charge in [0.15, 0.2) is 11.6 Å². The lowest BCUT2D eigenvalue weighted by atomic mass is 9.90. The summed E-state index contributed by atoms with van der Waals surface area (Å²) >= 11 is 0. The molecule has 0 bridgehead atoms. The summed E-state index contributed by atoms with van der Waals surface area (Å²) in [5, 5.41) is 10.8. The van der Waals surface area contributed by atoms with Gasteiger partial charge in [-0.3, -0.25) is 14.9 Å². The Kier molecular flexibility index (Phi) is 2.45. The summed E-state index contributed by atoms with van der Waals surface area (Å²) in [4.78, 5) is 21.5. The number of carbonyl (C=O) groups excluding carboxylic acids is 1. The fourth-order valence-electron chi connectivity index (χ4n) is 2.01. The standard InChI is InChI=1S/C11H9F2NO3/c1-6(15)11(2-3-11)7-4-8(12)9(13)5-10(7)14(16)17/h4-5H,2-3H2,1H3. The molecule has 17 heavy (non-hydrogen) atoms. The third-order valence-electron chi connectivity index (χ3n) is 3.17. The minimum absolute atomic E-state index is 0.0195. The molecule has 0 aliphatic heterocycles. The van der Waals surface area contributed by atoms with Crippen molar-refractivity contribution in [2.45, 2.75) is 25.2 Å². The van der Waals surface area contributed by atoms with Crippen LogP contribution < -0.4 is 0 Å². The van der Waals surface area contributed by atoms with Crippen LogP contribution in [0.5, 0.6) is 0 Å². The number of hydrogen-bond acceptors (Lipinski definition) is 3. The van der Waals surface area contributed by atoms with Gasteiger partial charge >= 0.3 is 0 Å². The van der Waals surface area contributed by atoms with Crippen molar-refractivity contribution in [1.82, 2.24) is 0 Å². The molecule has 0 radical (unpaired) electrons. The SMILES string of the molecule is CC(=O)C1(c2cc(F)c(F)cc2[N+](=O)[O-])CC1. The summed E-state index contributed by atoms with van der Waals surface area (Å²) < 4.78 is 26.1. The first-order chi connectivity index (χ1) is 7.88.